The van der Waals surface area contributed by atoms with Crippen molar-refractivity contribution in [3.63, 3.8) is 0 Å². The molecule has 196 valence electrons. The molecule has 2 heterocycles. The largest absolute Gasteiger partial charge is 0.494 e. The standard InChI is InChI=1S/C21H26F4N2O8/c1-9(2)27-17(20(23,24)25)11(6-10-4-5-13(33-3)12(22)7-10)19(26-27)35-21(32)18(31)16(30)15(29)14(8-28)34-21/h4-5,7,9,14-16,18,28-32H,6,8H2,1-3H3/t14-,15-,16+,18-,21-/m1/s1. The summed E-state index contributed by atoms with van der Waals surface area (Å²) in [4.78, 5) is 0. The average Bonchev–Trinajstić information content (AvgIpc) is 3.13. The van der Waals surface area contributed by atoms with Gasteiger partial charge in [0.25, 0.3) is 0 Å². The van der Waals surface area contributed by atoms with Gasteiger partial charge < -0.3 is 39.7 Å². The molecule has 1 fully saturated rings. The lowest BCUT2D eigenvalue weighted by Crippen LogP contribution is -2.67. The normalized spacial score (nSPS) is 27.3. The average molecular weight is 510 g/mol. The van der Waals surface area contributed by atoms with Crippen LogP contribution in [0.25, 0.3) is 0 Å². The minimum absolute atomic E-state index is 0.0720. The van der Waals surface area contributed by atoms with Crippen LogP contribution in [0.1, 0.15) is 36.7 Å². The van der Waals surface area contributed by atoms with Crippen LogP contribution in [0.4, 0.5) is 17.6 Å². The van der Waals surface area contributed by atoms with E-state index in [0.29, 0.717) is 4.68 Å². The Hall–Kier alpha value is -2.49. The number of hydrogen-bond donors (Lipinski definition) is 5. The Labute approximate surface area is 196 Å². The van der Waals surface area contributed by atoms with Crippen LogP contribution in [-0.4, -0.2) is 79.4 Å². The topological polar surface area (TPSA) is 147 Å². The molecule has 0 spiro atoms. The number of benzene rings is 1. The molecule has 10 nitrogen and oxygen atoms in total. The monoisotopic (exact) mass is 510 g/mol. The SMILES string of the molecule is COc1ccc(Cc2c(O[C@]3(O)O[C@H](CO)[C@@H](O)[C@H](O)[C@H]3O)nn(C(C)C)c2C(F)(F)F)cc1F. The molecular formula is C21H26F4N2O8. The molecule has 0 radical (unpaired) electrons. The summed E-state index contributed by atoms with van der Waals surface area (Å²) >= 11 is 0. The number of rotatable bonds is 7. The third-order valence-corrected chi connectivity index (χ3v) is 5.50. The van der Waals surface area contributed by atoms with Crippen LogP contribution >= 0.6 is 0 Å². The summed E-state index contributed by atoms with van der Waals surface area (Å²) in [6, 6.07) is 2.65. The van der Waals surface area contributed by atoms with E-state index < -0.39 is 78.6 Å². The van der Waals surface area contributed by atoms with Crippen molar-refractivity contribution in [2.75, 3.05) is 13.7 Å². The Kier molecular flexibility index (Phi) is 7.64. The van der Waals surface area contributed by atoms with Gasteiger partial charge in [0.15, 0.2) is 17.7 Å². The van der Waals surface area contributed by atoms with Gasteiger partial charge in [-0.1, -0.05) is 6.07 Å². The zero-order chi connectivity index (χ0) is 26.3. The van der Waals surface area contributed by atoms with E-state index in [1.54, 1.807) is 0 Å². The van der Waals surface area contributed by atoms with Crippen molar-refractivity contribution in [1.29, 1.82) is 0 Å². The van der Waals surface area contributed by atoms with E-state index in [0.717, 1.165) is 6.07 Å². The summed E-state index contributed by atoms with van der Waals surface area (Å²) in [7, 11) is 1.22. The van der Waals surface area contributed by atoms with Crippen LogP contribution in [0, 0.1) is 5.82 Å². The molecular weight excluding hydrogens is 484 g/mol. The van der Waals surface area contributed by atoms with Crippen molar-refractivity contribution in [2.45, 2.75) is 62.9 Å². The molecule has 1 aliphatic rings. The van der Waals surface area contributed by atoms with Gasteiger partial charge in [-0.2, -0.15) is 13.2 Å². The maximum Gasteiger partial charge on any atom is 0.433 e. The number of alkyl halides is 3. The molecule has 1 aliphatic heterocycles. The lowest BCUT2D eigenvalue weighted by molar-refractivity contribution is -0.423. The number of halogens is 4. The second kappa shape index (κ2) is 9.87. The maximum absolute atomic E-state index is 14.2. The molecule has 2 aromatic rings. The van der Waals surface area contributed by atoms with E-state index in [1.807, 2.05) is 0 Å². The fourth-order valence-electron chi connectivity index (χ4n) is 3.73. The van der Waals surface area contributed by atoms with Gasteiger partial charge in [0.05, 0.1) is 19.3 Å². The maximum atomic E-state index is 14.2. The van der Waals surface area contributed by atoms with Gasteiger partial charge in [-0.3, -0.25) is 4.68 Å². The molecule has 1 aromatic carbocycles. The molecule has 3 rings (SSSR count). The summed E-state index contributed by atoms with van der Waals surface area (Å²) in [6.45, 7) is 1.89. The molecule has 0 unspecified atom stereocenters. The number of aliphatic hydroxyl groups is 5. The van der Waals surface area contributed by atoms with Crippen LogP contribution in [0.5, 0.6) is 11.6 Å². The second-order valence-corrected chi connectivity index (χ2v) is 8.31. The minimum Gasteiger partial charge on any atom is -0.494 e. The number of ether oxygens (including phenoxy) is 3. The van der Waals surface area contributed by atoms with Crippen LogP contribution < -0.4 is 9.47 Å². The molecule has 35 heavy (non-hydrogen) atoms. The van der Waals surface area contributed by atoms with E-state index in [9.17, 15) is 43.1 Å². The summed E-state index contributed by atoms with van der Waals surface area (Å²) in [5.41, 5.74) is -1.81. The number of methoxy groups -OCH3 is 1. The first-order valence-corrected chi connectivity index (χ1v) is 10.5. The summed E-state index contributed by atoms with van der Waals surface area (Å²) in [5.74, 6) is -4.98. The Balaban J connectivity index is 2.12. The predicted octanol–water partition coefficient (Wildman–Crippen LogP) is 0.720. The Morgan fingerprint density at radius 3 is 2.37 bits per heavy atom. The molecule has 5 N–H and O–H groups in total. The van der Waals surface area contributed by atoms with E-state index >= 15 is 0 Å². The third-order valence-electron chi connectivity index (χ3n) is 5.50. The summed E-state index contributed by atoms with van der Waals surface area (Å²) < 4.78 is 72.1. The number of aromatic nitrogens is 2. The zero-order valence-electron chi connectivity index (χ0n) is 18.9. The third kappa shape index (κ3) is 5.22. The lowest BCUT2D eigenvalue weighted by Gasteiger charge is -2.43. The Bertz CT molecular complexity index is 1050. The van der Waals surface area contributed by atoms with Gasteiger partial charge in [0.2, 0.25) is 5.88 Å². The van der Waals surface area contributed by atoms with Crippen LogP contribution in [0.2, 0.25) is 0 Å². The van der Waals surface area contributed by atoms with Gasteiger partial charge in [-0.15, -0.1) is 5.10 Å². The van der Waals surface area contributed by atoms with Crippen molar-refractivity contribution in [1.82, 2.24) is 9.78 Å². The van der Waals surface area contributed by atoms with E-state index in [1.165, 1.54) is 33.1 Å². The fourth-order valence-corrected chi connectivity index (χ4v) is 3.73. The molecule has 0 aliphatic carbocycles. The van der Waals surface area contributed by atoms with E-state index in [4.69, 9.17) is 14.2 Å². The molecule has 5 atom stereocenters. The van der Waals surface area contributed by atoms with Crippen molar-refractivity contribution < 1.29 is 57.3 Å². The highest BCUT2D eigenvalue weighted by molar-refractivity contribution is 5.40. The van der Waals surface area contributed by atoms with Crippen molar-refractivity contribution >= 4 is 0 Å². The number of hydrogen-bond acceptors (Lipinski definition) is 9. The van der Waals surface area contributed by atoms with Crippen molar-refractivity contribution in [3.8, 4) is 11.6 Å². The quantitative estimate of drug-likeness (QED) is 0.269. The highest BCUT2D eigenvalue weighted by Gasteiger charge is 2.56. The van der Waals surface area contributed by atoms with Gasteiger partial charge in [-0.05, 0) is 31.5 Å². The first-order chi connectivity index (χ1) is 16.2. The smallest absolute Gasteiger partial charge is 0.433 e. The molecule has 1 aromatic heterocycles. The van der Waals surface area contributed by atoms with Gasteiger partial charge >= 0.3 is 12.1 Å². The minimum atomic E-state index is -4.96. The summed E-state index contributed by atoms with van der Waals surface area (Å²) in [6.07, 6.45) is -13.5. The molecule has 0 amide bonds. The Morgan fingerprint density at radius 2 is 1.86 bits per heavy atom. The predicted molar refractivity (Wildman–Crippen MR) is 109 cm³/mol. The fraction of sp³-hybridized carbons (Fsp3) is 0.571. The first-order valence-electron chi connectivity index (χ1n) is 10.5. The highest BCUT2D eigenvalue weighted by Crippen LogP contribution is 2.41. The van der Waals surface area contributed by atoms with Crippen molar-refractivity contribution in [3.05, 3.63) is 40.8 Å². The number of aliphatic hydroxyl groups excluding tert-OH is 4. The van der Waals surface area contributed by atoms with Gasteiger partial charge in [0, 0.05) is 12.5 Å². The molecule has 1 saturated heterocycles. The van der Waals surface area contributed by atoms with Crippen LogP contribution in [-0.2, 0) is 17.3 Å². The molecule has 14 heteroatoms. The Morgan fingerprint density at radius 1 is 1.20 bits per heavy atom. The number of nitrogens with zero attached hydrogens (tertiary/aromatic N) is 2. The van der Waals surface area contributed by atoms with Crippen LogP contribution in [0.3, 0.4) is 0 Å². The van der Waals surface area contributed by atoms with Crippen molar-refractivity contribution in [2.24, 2.45) is 0 Å². The molecule has 0 saturated carbocycles. The van der Waals surface area contributed by atoms with E-state index in [-0.39, 0.29) is 11.3 Å². The zero-order valence-corrected chi connectivity index (χ0v) is 18.9. The molecule has 0 bridgehead atoms. The van der Waals surface area contributed by atoms with Gasteiger partial charge in [-0.25, -0.2) is 4.39 Å². The second-order valence-electron chi connectivity index (χ2n) is 8.31. The van der Waals surface area contributed by atoms with E-state index in [2.05, 4.69) is 5.10 Å². The summed E-state index contributed by atoms with van der Waals surface area (Å²) in [5, 5.41) is 54.0. The van der Waals surface area contributed by atoms with Crippen LogP contribution in [0.15, 0.2) is 18.2 Å². The van der Waals surface area contributed by atoms with Gasteiger partial charge in [0.1, 0.15) is 24.0 Å². The first kappa shape index (κ1) is 27.1. The lowest BCUT2D eigenvalue weighted by atomic mass is 9.98. The highest BCUT2D eigenvalue weighted by atomic mass is 19.4.